The van der Waals surface area contributed by atoms with Crippen molar-refractivity contribution in [3.05, 3.63) is 109 Å². The zero-order chi connectivity index (χ0) is 32.7. The Kier molecular flexibility index (Phi) is 11.6. The highest BCUT2D eigenvalue weighted by Crippen LogP contribution is 2.39. The molecule has 4 rings (SSSR count). The zero-order valence-corrected chi connectivity index (χ0v) is 29.4. The number of esters is 1. The molecular weight excluding hydrogens is 577 g/mol. The summed E-state index contributed by atoms with van der Waals surface area (Å²) in [6, 6.07) is 30.5. The van der Waals surface area contributed by atoms with Gasteiger partial charge in [-0.1, -0.05) is 132 Å². The predicted molar refractivity (Wildman–Crippen MR) is 185 cm³/mol. The van der Waals surface area contributed by atoms with Crippen LogP contribution in [0, 0.1) is 5.92 Å². The van der Waals surface area contributed by atoms with Crippen molar-refractivity contribution < 1.29 is 23.4 Å². The lowest BCUT2D eigenvalue weighted by Crippen LogP contribution is -2.67. The Labute approximate surface area is 272 Å². The number of benzene rings is 3. The number of unbranched alkanes of at least 4 members (excludes halogenated alkanes) is 1. The van der Waals surface area contributed by atoms with E-state index < -0.39 is 26.3 Å². The highest BCUT2D eigenvalue weighted by Gasteiger charge is 2.51. The molecule has 1 fully saturated rings. The highest BCUT2D eigenvalue weighted by molar-refractivity contribution is 6.99. The standard InChI is InChI=1S/C39H52O5Si/c1-9-10-26-35-36(43-39(7,8)42-35)34(41-37(40)31-20-14-11-15-21-31)28-27-29(2)30(3)44-45(38(4,5)6,32-22-16-12-17-23-32)33-24-18-13-19-25-33/h11-25,27-30,34-36H,9-10,26H2,1-8H3/b28-27-/t29-,30?,34-,35?,36?/m1/s1. The summed E-state index contributed by atoms with van der Waals surface area (Å²) >= 11 is 0. The van der Waals surface area contributed by atoms with Crippen LogP contribution in [-0.2, 0) is 18.6 Å². The lowest BCUT2D eigenvalue weighted by atomic mass is 9.99. The molecule has 5 nitrogen and oxygen atoms in total. The quantitative estimate of drug-likeness (QED) is 0.109. The maximum atomic E-state index is 13.3. The Morgan fingerprint density at radius 2 is 1.40 bits per heavy atom. The first-order valence-corrected chi connectivity index (χ1v) is 18.4. The molecule has 3 aromatic carbocycles. The molecule has 1 heterocycles. The van der Waals surface area contributed by atoms with Gasteiger partial charge in [0.1, 0.15) is 12.2 Å². The van der Waals surface area contributed by atoms with Crippen LogP contribution in [0.5, 0.6) is 0 Å². The summed E-state index contributed by atoms with van der Waals surface area (Å²) in [4.78, 5) is 13.3. The minimum atomic E-state index is -2.74. The van der Waals surface area contributed by atoms with E-state index in [9.17, 15) is 4.79 Å². The molecule has 0 radical (unpaired) electrons. The molecule has 5 atom stereocenters. The predicted octanol–water partition coefficient (Wildman–Crippen LogP) is 8.08. The molecule has 0 aliphatic carbocycles. The Bertz CT molecular complexity index is 1330. The first-order chi connectivity index (χ1) is 21.4. The second kappa shape index (κ2) is 15.0. The number of rotatable bonds is 13. The third-order valence-corrected chi connectivity index (χ3v) is 13.9. The van der Waals surface area contributed by atoms with Crippen molar-refractivity contribution in [1.82, 2.24) is 0 Å². The van der Waals surface area contributed by atoms with Crippen LogP contribution < -0.4 is 10.4 Å². The molecule has 1 saturated heterocycles. The molecule has 1 aliphatic rings. The van der Waals surface area contributed by atoms with Gasteiger partial charge in [-0.15, -0.1) is 0 Å². The monoisotopic (exact) mass is 628 g/mol. The third kappa shape index (κ3) is 8.42. The molecule has 242 valence electrons. The van der Waals surface area contributed by atoms with E-state index in [1.54, 1.807) is 12.1 Å². The van der Waals surface area contributed by atoms with Gasteiger partial charge in [0.25, 0.3) is 8.32 Å². The maximum Gasteiger partial charge on any atom is 0.338 e. The van der Waals surface area contributed by atoms with Crippen LogP contribution in [0.3, 0.4) is 0 Å². The summed E-state index contributed by atoms with van der Waals surface area (Å²) in [6.45, 7) is 17.2. The number of hydrogen-bond acceptors (Lipinski definition) is 5. The Morgan fingerprint density at radius 1 is 0.867 bits per heavy atom. The fraction of sp³-hybridized carbons (Fsp3) is 0.462. The van der Waals surface area contributed by atoms with Crippen LogP contribution in [0.4, 0.5) is 0 Å². The van der Waals surface area contributed by atoms with Crippen molar-refractivity contribution in [1.29, 1.82) is 0 Å². The van der Waals surface area contributed by atoms with E-state index in [2.05, 4.69) is 108 Å². The summed E-state index contributed by atoms with van der Waals surface area (Å²) < 4.78 is 26.3. The average molecular weight is 629 g/mol. The lowest BCUT2D eigenvalue weighted by Gasteiger charge is -2.45. The van der Waals surface area contributed by atoms with Gasteiger partial charge >= 0.3 is 5.97 Å². The largest absolute Gasteiger partial charge is 0.452 e. The Balaban J connectivity index is 1.65. The topological polar surface area (TPSA) is 54.0 Å². The summed E-state index contributed by atoms with van der Waals surface area (Å²) in [5, 5.41) is 2.37. The zero-order valence-electron chi connectivity index (χ0n) is 28.4. The summed E-state index contributed by atoms with van der Waals surface area (Å²) in [5.74, 6) is -1.12. The lowest BCUT2D eigenvalue weighted by molar-refractivity contribution is -0.153. The normalized spacial score (nSPS) is 20.5. The van der Waals surface area contributed by atoms with Gasteiger partial charge in [0.2, 0.25) is 0 Å². The van der Waals surface area contributed by atoms with Crippen LogP contribution in [0.15, 0.2) is 103 Å². The molecular formula is C39H52O5Si. The average Bonchev–Trinajstić information content (AvgIpc) is 3.34. The van der Waals surface area contributed by atoms with Crippen LogP contribution in [0.25, 0.3) is 0 Å². The van der Waals surface area contributed by atoms with E-state index in [1.165, 1.54) is 10.4 Å². The van der Waals surface area contributed by atoms with Crippen molar-refractivity contribution in [2.45, 2.75) is 110 Å². The van der Waals surface area contributed by atoms with E-state index in [4.69, 9.17) is 18.6 Å². The summed E-state index contributed by atoms with van der Waals surface area (Å²) in [5.41, 5.74) is 0.510. The number of carbonyl (C=O) groups excluding carboxylic acids is 1. The Hall–Kier alpha value is -3.03. The first kappa shape index (κ1) is 34.8. The van der Waals surface area contributed by atoms with E-state index in [1.807, 2.05) is 38.1 Å². The van der Waals surface area contributed by atoms with Crippen LogP contribution >= 0.6 is 0 Å². The number of ether oxygens (including phenoxy) is 3. The fourth-order valence-corrected chi connectivity index (χ4v) is 11.1. The van der Waals surface area contributed by atoms with E-state index in [0.29, 0.717) is 5.56 Å². The summed E-state index contributed by atoms with van der Waals surface area (Å²) in [7, 11) is -2.74. The number of carbonyl (C=O) groups is 1. The van der Waals surface area contributed by atoms with Crippen molar-refractivity contribution in [3.8, 4) is 0 Å². The maximum absolute atomic E-state index is 13.3. The van der Waals surface area contributed by atoms with Gasteiger partial charge in [-0.25, -0.2) is 4.79 Å². The van der Waals surface area contributed by atoms with Crippen molar-refractivity contribution >= 4 is 24.7 Å². The van der Waals surface area contributed by atoms with Gasteiger partial charge in [0.05, 0.1) is 11.7 Å². The smallest absolute Gasteiger partial charge is 0.338 e. The second-order valence-electron chi connectivity index (χ2n) is 13.7. The minimum absolute atomic E-state index is 0.0222. The van der Waals surface area contributed by atoms with E-state index in [0.717, 1.165) is 19.3 Å². The first-order valence-electron chi connectivity index (χ1n) is 16.5. The molecule has 1 aliphatic heterocycles. The van der Waals surface area contributed by atoms with Gasteiger partial charge in [0.15, 0.2) is 5.79 Å². The van der Waals surface area contributed by atoms with Gasteiger partial charge in [-0.2, -0.15) is 0 Å². The Morgan fingerprint density at radius 3 is 1.91 bits per heavy atom. The minimum Gasteiger partial charge on any atom is -0.452 e. The molecule has 0 saturated carbocycles. The molecule has 3 unspecified atom stereocenters. The van der Waals surface area contributed by atoms with Crippen LogP contribution in [-0.4, -0.2) is 44.5 Å². The van der Waals surface area contributed by atoms with Gasteiger partial charge in [0, 0.05) is 6.10 Å². The molecule has 0 amide bonds. The molecule has 3 aromatic rings. The molecule has 0 bridgehead atoms. The van der Waals surface area contributed by atoms with Crippen LogP contribution in [0.1, 0.15) is 85.0 Å². The molecule has 0 aromatic heterocycles. The van der Waals surface area contributed by atoms with Crippen molar-refractivity contribution in [2.75, 3.05) is 0 Å². The van der Waals surface area contributed by atoms with Gasteiger partial charge < -0.3 is 18.6 Å². The van der Waals surface area contributed by atoms with Gasteiger partial charge in [-0.3, -0.25) is 0 Å². The van der Waals surface area contributed by atoms with E-state index >= 15 is 0 Å². The van der Waals surface area contributed by atoms with Gasteiger partial charge in [-0.05, 0) is 66.7 Å². The van der Waals surface area contributed by atoms with Crippen LogP contribution in [0.2, 0.25) is 5.04 Å². The van der Waals surface area contributed by atoms with Crippen molar-refractivity contribution in [2.24, 2.45) is 5.92 Å². The number of hydrogen-bond donors (Lipinski definition) is 0. The SMILES string of the molecule is CCCCC1OC(C)(C)OC1[C@@H](/C=C\[C@@H](C)C(C)O[Si](c1ccccc1)(c1ccccc1)C(C)(C)C)OC(=O)c1ccccc1. The molecule has 6 heteroatoms. The summed E-state index contributed by atoms with van der Waals surface area (Å²) in [6.07, 6.45) is 5.65. The fourth-order valence-electron chi connectivity index (χ4n) is 6.27. The molecule has 45 heavy (non-hydrogen) atoms. The van der Waals surface area contributed by atoms with Crippen molar-refractivity contribution in [3.63, 3.8) is 0 Å². The third-order valence-electron chi connectivity index (χ3n) is 8.76. The second-order valence-corrected chi connectivity index (χ2v) is 18.0. The highest BCUT2D eigenvalue weighted by atomic mass is 28.4. The molecule has 0 spiro atoms. The van der Waals surface area contributed by atoms with E-state index in [-0.39, 0.29) is 29.1 Å². The molecule has 0 N–H and O–H groups in total.